The molecule has 1 heterocycles. The fourth-order valence-electron chi connectivity index (χ4n) is 4.41. The van der Waals surface area contributed by atoms with Gasteiger partial charge in [0.2, 0.25) is 0 Å². The Kier molecular flexibility index (Phi) is 7.38. The number of likely N-dealkylation sites (tertiary alicyclic amines) is 1. The lowest BCUT2D eigenvalue weighted by atomic mass is 9.94. The van der Waals surface area contributed by atoms with Gasteiger partial charge in [0.25, 0.3) is 11.7 Å². The van der Waals surface area contributed by atoms with E-state index in [9.17, 15) is 14.7 Å². The molecule has 1 amide bonds. The summed E-state index contributed by atoms with van der Waals surface area (Å²) in [6, 6.07) is 18.9. The van der Waals surface area contributed by atoms with Crippen LogP contribution in [0.3, 0.4) is 0 Å². The highest BCUT2D eigenvalue weighted by Gasteiger charge is 2.46. The largest absolute Gasteiger partial charge is 0.507 e. The minimum Gasteiger partial charge on any atom is -0.507 e. The molecule has 0 spiro atoms. The van der Waals surface area contributed by atoms with Crippen LogP contribution in [0.2, 0.25) is 0 Å². The van der Waals surface area contributed by atoms with E-state index in [0.29, 0.717) is 28.4 Å². The second-order valence-electron chi connectivity index (χ2n) is 8.83. The van der Waals surface area contributed by atoms with E-state index in [2.05, 4.69) is 0 Å². The number of aliphatic hydroxyl groups excluding tert-OH is 1. The first-order valence-electron chi connectivity index (χ1n) is 11.7. The summed E-state index contributed by atoms with van der Waals surface area (Å²) >= 11 is 0. The molecule has 8 nitrogen and oxygen atoms in total. The molecule has 1 unspecified atom stereocenters. The minimum atomic E-state index is -0.801. The zero-order chi connectivity index (χ0) is 26.7. The molecule has 1 fully saturated rings. The van der Waals surface area contributed by atoms with Crippen LogP contribution in [0.4, 0.5) is 5.69 Å². The number of benzene rings is 3. The molecule has 0 bridgehead atoms. The third kappa shape index (κ3) is 4.95. The number of ketones is 1. The van der Waals surface area contributed by atoms with Crippen molar-refractivity contribution in [1.29, 1.82) is 0 Å². The van der Waals surface area contributed by atoms with Gasteiger partial charge >= 0.3 is 0 Å². The number of carbonyl (C=O) groups excluding carboxylic acids is 2. The van der Waals surface area contributed by atoms with E-state index in [1.807, 2.05) is 55.4 Å². The van der Waals surface area contributed by atoms with Gasteiger partial charge in [-0.05, 0) is 47.5 Å². The molecule has 0 radical (unpaired) electrons. The van der Waals surface area contributed by atoms with Crippen molar-refractivity contribution in [3.8, 4) is 17.2 Å². The number of ether oxygens (including phenoxy) is 3. The molecule has 3 aromatic rings. The number of methoxy groups -OCH3 is 3. The average molecular weight is 503 g/mol. The Balaban J connectivity index is 1.86. The van der Waals surface area contributed by atoms with Crippen LogP contribution in [0.15, 0.2) is 72.3 Å². The lowest BCUT2D eigenvalue weighted by Crippen LogP contribution is -2.29. The summed E-state index contributed by atoms with van der Waals surface area (Å²) < 4.78 is 15.9. The van der Waals surface area contributed by atoms with Gasteiger partial charge in [0.15, 0.2) is 0 Å². The number of Topliss-reactive ketones (excluding diaryl/α,β-unsaturated/α-hetero) is 1. The van der Waals surface area contributed by atoms with Gasteiger partial charge in [-0.2, -0.15) is 0 Å². The molecule has 0 aromatic heterocycles. The Morgan fingerprint density at radius 1 is 0.865 bits per heavy atom. The van der Waals surface area contributed by atoms with Gasteiger partial charge in [-0.25, -0.2) is 0 Å². The van der Waals surface area contributed by atoms with Crippen molar-refractivity contribution < 1.29 is 28.9 Å². The molecule has 4 rings (SSSR count). The topological polar surface area (TPSA) is 88.5 Å². The smallest absolute Gasteiger partial charge is 0.295 e. The van der Waals surface area contributed by atoms with Crippen molar-refractivity contribution in [3.63, 3.8) is 0 Å². The lowest BCUT2D eigenvalue weighted by molar-refractivity contribution is -0.140. The minimum absolute atomic E-state index is 0.000387. The number of rotatable bonds is 8. The number of aliphatic hydroxyl groups is 1. The van der Waals surface area contributed by atoms with Crippen LogP contribution in [0.25, 0.3) is 5.76 Å². The molecule has 1 atom stereocenters. The lowest BCUT2D eigenvalue weighted by Gasteiger charge is -2.26. The van der Waals surface area contributed by atoms with Crippen LogP contribution in [-0.2, 0) is 16.1 Å². The van der Waals surface area contributed by atoms with Crippen LogP contribution < -0.4 is 19.1 Å². The van der Waals surface area contributed by atoms with Crippen molar-refractivity contribution in [1.82, 2.24) is 4.90 Å². The SMILES string of the molecule is COc1ccc(CN2C(=O)C(=O)/C(=C(\O)c3ccc(OC)cc3OC)C2c2ccc(N(C)C)cc2)cc1. The molecule has 8 heteroatoms. The van der Waals surface area contributed by atoms with Crippen LogP contribution in [0.5, 0.6) is 17.2 Å². The number of anilines is 1. The van der Waals surface area contributed by atoms with E-state index in [1.165, 1.54) is 19.1 Å². The second-order valence-corrected chi connectivity index (χ2v) is 8.83. The quantitative estimate of drug-likeness (QED) is 0.277. The van der Waals surface area contributed by atoms with Gasteiger partial charge in [-0.1, -0.05) is 24.3 Å². The van der Waals surface area contributed by atoms with Crippen molar-refractivity contribution in [2.24, 2.45) is 0 Å². The van der Waals surface area contributed by atoms with Gasteiger partial charge in [-0.15, -0.1) is 0 Å². The van der Waals surface area contributed by atoms with E-state index in [-0.39, 0.29) is 17.9 Å². The molecular formula is C29H30N2O6. The van der Waals surface area contributed by atoms with Gasteiger partial charge in [-0.3, -0.25) is 9.59 Å². The summed E-state index contributed by atoms with van der Waals surface area (Å²) in [5.74, 6) is -0.216. The van der Waals surface area contributed by atoms with Crippen molar-refractivity contribution in [2.45, 2.75) is 12.6 Å². The van der Waals surface area contributed by atoms with Crippen LogP contribution >= 0.6 is 0 Å². The Bertz CT molecular complexity index is 1330. The maximum absolute atomic E-state index is 13.4. The zero-order valence-corrected chi connectivity index (χ0v) is 21.5. The Morgan fingerprint density at radius 3 is 2.05 bits per heavy atom. The van der Waals surface area contributed by atoms with Crippen molar-refractivity contribution in [2.75, 3.05) is 40.3 Å². The number of amides is 1. The molecule has 1 aliphatic rings. The molecule has 0 aliphatic carbocycles. The molecule has 37 heavy (non-hydrogen) atoms. The van der Waals surface area contributed by atoms with Crippen LogP contribution in [-0.4, -0.2) is 57.1 Å². The van der Waals surface area contributed by atoms with E-state index in [1.54, 1.807) is 37.4 Å². The summed E-state index contributed by atoms with van der Waals surface area (Å²) in [6.45, 7) is 0.172. The molecule has 1 saturated heterocycles. The van der Waals surface area contributed by atoms with E-state index < -0.39 is 17.7 Å². The monoisotopic (exact) mass is 502 g/mol. The highest BCUT2D eigenvalue weighted by Crippen LogP contribution is 2.42. The van der Waals surface area contributed by atoms with Crippen molar-refractivity contribution >= 4 is 23.1 Å². The maximum Gasteiger partial charge on any atom is 0.295 e. The Hall–Kier alpha value is -4.46. The molecule has 192 valence electrons. The normalized spacial score (nSPS) is 16.6. The molecule has 1 N–H and O–H groups in total. The Morgan fingerprint density at radius 2 is 1.49 bits per heavy atom. The molecule has 3 aromatic carbocycles. The number of hydrogen-bond donors (Lipinski definition) is 1. The standard InChI is InChI=1S/C29H30N2O6/c1-30(2)20-10-8-19(9-11-20)26-25(27(32)23-15-14-22(36-4)16-24(23)37-5)28(33)29(34)31(26)17-18-6-12-21(35-3)13-7-18/h6-16,26,32H,17H2,1-5H3/b27-25-. The molecule has 1 aliphatic heterocycles. The first-order chi connectivity index (χ1) is 17.8. The third-order valence-electron chi connectivity index (χ3n) is 6.44. The summed E-state index contributed by atoms with van der Waals surface area (Å²) in [7, 11) is 8.43. The van der Waals surface area contributed by atoms with Gasteiger partial charge in [0.1, 0.15) is 23.0 Å². The predicted molar refractivity (Wildman–Crippen MR) is 141 cm³/mol. The summed E-state index contributed by atoms with van der Waals surface area (Å²) in [6.07, 6.45) is 0. The zero-order valence-electron chi connectivity index (χ0n) is 21.5. The summed E-state index contributed by atoms with van der Waals surface area (Å²) in [5.41, 5.74) is 2.78. The van der Waals surface area contributed by atoms with E-state index >= 15 is 0 Å². The van der Waals surface area contributed by atoms with Crippen LogP contribution in [0, 0.1) is 0 Å². The first kappa shape index (κ1) is 25.6. The number of nitrogens with zero attached hydrogens (tertiary/aromatic N) is 2. The predicted octanol–water partition coefficient (Wildman–Crippen LogP) is 4.40. The second kappa shape index (κ2) is 10.7. The van der Waals surface area contributed by atoms with Gasteiger partial charge in [0.05, 0.1) is 38.5 Å². The summed E-state index contributed by atoms with van der Waals surface area (Å²) in [5, 5.41) is 11.4. The van der Waals surface area contributed by atoms with E-state index in [0.717, 1.165) is 11.3 Å². The Labute approximate surface area is 216 Å². The number of carbonyl (C=O) groups is 2. The summed E-state index contributed by atoms with van der Waals surface area (Å²) in [4.78, 5) is 30.2. The highest BCUT2D eigenvalue weighted by atomic mass is 16.5. The van der Waals surface area contributed by atoms with Crippen molar-refractivity contribution in [3.05, 3.63) is 89.0 Å². The van der Waals surface area contributed by atoms with E-state index in [4.69, 9.17) is 14.2 Å². The molecule has 0 saturated carbocycles. The fraction of sp³-hybridized carbons (Fsp3) is 0.241. The number of hydrogen-bond acceptors (Lipinski definition) is 7. The van der Waals surface area contributed by atoms with Gasteiger partial charge < -0.3 is 29.1 Å². The highest BCUT2D eigenvalue weighted by molar-refractivity contribution is 6.46. The maximum atomic E-state index is 13.4. The van der Waals surface area contributed by atoms with Gasteiger partial charge in [0, 0.05) is 32.4 Å². The average Bonchev–Trinajstić information content (AvgIpc) is 3.17. The first-order valence-corrected chi connectivity index (χ1v) is 11.7. The third-order valence-corrected chi connectivity index (χ3v) is 6.44. The van der Waals surface area contributed by atoms with Crippen LogP contribution in [0.1, 0.15) is 22.7 Å². The fourth-order valence-corrected chi connectivity index (χ4v) is 4.41. The molecular weight excluding hydrogens is 472 g/mol.